The van der Waals surface area contributed by atoms with E-state index in [0.717, 1.165) is 18.9 Å². The van der Waals surface area contributed by atoms with E-state index in [-0.39, 0.29) is 42.4 Å². The van der Waals surface area contributed by atoms with Gasteiger partial charge < -0.3 is 10.4 Å². The van der Waals surface area contributed by atoms with Gasteiger partial charge in [-0.25, -0.2) is 8.78 Å². The number of carboxylic acids is 1. The van der Waals surface area contributed by atoms with Crippen LogP contribution in [0.5, 0.6) is 0 Å². The highest BCUT2D eigenvalue weighted by Gasteiger charge is 2.37. The Morgan fingerprint density at radius 1 is 1.14 bits per heavy atom. The zero-order valence-electron chi connectivity index (χ0n) is 24.4. The van der Waals surface area contributed by atoms with Crippen LogP contribution in [0.1, 0.15) is 94.2 Å². The van der Waals surface area contributed by atoms with E-state index in [1.165, 1.54) is 42.3 Å². The lowest BCUT2D eigenvalue weighted by Crippen LogP contribution is -2.47. The summed E-state index contributed by atoms with van der Waals surface area (Å²) in [6.45, 7) is 5.85. The van der Waals surface area contributed by atoms with E-state index in [4.69, 9.17) is 0 Å². The molecule has 2 aliphatic rings. The Morgan fingerprint density at radius 3 is 2.38 bits per heavy atom. The number of carbonyl (C=O) groups is 2. The Bertz CT molecular complexity index is 1190. The molecule has 0 spiro atoms. The molecule has 2 unspecified atom stereocenters. The molecule has 0 bridgehead atoms. The van der Waals surface area contributed by atoms with Gasteiger partial charge in [0.15, 0.2) is 5.69 Å². The second-order valence-corrected chi connectivity index (χ2v) is 11.3. The van der Waals surface area contributed by atoms with Crippen LogP contribution in [0.25, 0.3) is 11.3 Å². The number of halogens is 5. The molecule has 4 rings (SSSR count). The minimum atomic E-state index is -4.61. The van der Waals surface area contributed by atoms with Gasteiger partial charge in [-0.2, -0.15) is 18.3 Å². The van der Waals surface area contributed by atoms with Gasteiger partial charge in [-0.1, -0.05) is 51.3 Å². The fourth-order valence-electron chi connectivity index (χ4n) is 5.51. The van der Waals surface area contributed by atoms with E-state index in [1.54, 1.807) is 4.90 Å². The Hall–Kier alpha value is -3.02. The molecular weight excluding hydrogens is 559 g/mol. The van der Waals surface area contributed by atoms with Crippen LogP contribution in [0.15, 0.2) is 30.3 Å². The summed E-state index contributed by atoms with van der Waals surface area (Å²) in [5.41, 5.74) is -0.893. The van der Waals surface area contributed by atoms with Gasteiger partial charge in [0.1, 0.15) is 0 Å². The average Bonchev–Trinajstić information content (AvgIpc) is 3.60. The Labute approximate surface area is 243 Å². The molecule has 0 radical (unpaired) electrons. The van der Waals surface area contributed by atoms with Crippen molar-refractivity contribution in [2.24, 2.45) is 5.92 Å². The van der Waals surface area contributed by atoms with Crippen molar-refractivity contribution in [1.29, 1.82) is 0 Å². The number of alkyl halides is 5. The lowest BCUT2D eigenvalue weighted by Gasteiger charge is -2.33. The first-order valence-electron chi connectivity index (χ1n) is 14.7. The maximum atomic E-state index is 13.8. The van der Waals surface area contributed by atoms with E-state index in [0.29, 0.717) is 25.8 Å². The number of amides is 1. The summed E-state index contributed by atoms with van der Waals surface area (Å²) in [4.78, 5) is 26.6. The first kappa shape index (κ1) is 33.5. The third kappa shape index (κ3) is 8.75. The number of carboxylic acid groups (broad SMARTS) is 1. The van der Waals surface area contributed by atoms with Gasteiger partial charge in [0.05, 0.1) is 29.8 Å². The number of aliphatic carboxylic acids is 1. The molecule has 1 saturated carbocycles. The largest absolute Gasteiger partial charge is 0.481 e. The molecule has 234 valence electrons. The quantitative estimate of drug-likeness (QED) is 0.302. The monoisotopic (exact) mass is 600 g/mol. The van der Waals surface area contributed by atoms with Crippen LogP contribution < -0.4 is 5.32 Å². The number of rotatable bonds is 9. The molecule has 1 amide bonds. The predicted molar refractivity (Wildman–Crippen MR) is 149 cm³/mol. The SMILES string of the molecule is CC(C(=O)O)C(CCN1CCCC(F)(F)C1)NC(=O)c1cc(-c2ccccc2C(F)(F)F)n(C2CCCC2)n1.CCC. The fourth-order valence-corrected chi connectivity index (χ4v) is 5.51. The number of nitrogens with zero attached hydrogens (tertiary/aromatic N) is 3. The summed E-state index contributed by atoms with van der Waals surface area (Å²) in [5, 5.41) is 16.7. The fraction of sp³-hybridized carbons (Fsp3) is 0.633. The highest BCUT2D eigenvalue weighted by molar-refractivity contribution is 5.94. The zero-order valence-corrected chi connectivity index (χ0v) is 24.4. The molecule has 2 heterocycles. The van der Waals surface area contributed by atoms with Crippen LogP contribution in [0.4, 0.5) is 22.0 Å². The van der Waals surface area contributed by atoms with Crippen LogP contribution in [0.3, 0.4) is 0 Å². The Kier molecular flexibility index (Phi) is 11.5. The highest BCUT2D eigenvalue weighted by atomic mass is 19.4. The molecule has 2 N–H and O–H groups in total. The van der Waals surface area contributed by atoms with E-state index in [2.05, 4.69) is 24.3 Å². The van der Waals surface area contributed by atoms with Crippen molar-refractivity contribution in [2.45, 2.75) is 96.3 Å². The number of hydrogen-bond acceptors (Lipinski definition) is 4. The summed E-state index contributed by atoms with van der Waals surface area (Å²) in [7, 11) is 0. The minimum absolute atomic E-state index is 0.0927. The van der Waals surface area contributed by atoms with E-state index in [1.807, 2.05) is 0 Å². The second kappa shape index (κ2) is 14.4. The normalized spacial score (nSPS) is 19.0. The van der Waals surface area contributed by atoms with Crippen LogP contribution in [-0.4, -0.2) is 63.3 Å². The van der Waals surface area contributed by atoms with Gasteiger partial charge in [0.2, 0.25) is 0 Å². The summed E-state index contributed by atoms with van der Waals surface area (Å²) in [6, 6.07) is 5.36. The zero-order chi connectivity index (χ0) is 31.1. The first-order valence-corrected chi connectivity index (χ1v) is 14.7. The summed E-state index contributed by atoms with van der Waals surface area (Å²) in [6.07, 6.45) is 0.0733. The third-order valence-electron chi connectivity index (χ3n) is 7.69. The van der Waals surface area contributed by atoms with Gasteiger partial charge in [0.25, 0.3) is 11.8 Å². The number of nitrogens with one attached hydrogen (secondary N) is 1. The van der Waals surface area contributed by atoms with Gasteiger partial charge in [0, 0.05) is 24.6 Å². The summed E-state index contributed by atoms with van der Waals surface area (Å²) >= 11 is 0. The molecule has 12 heteroatoms. The Morgan fingerprint density at radius 2 is 1.79 bits per heavy atom. The molecule has 1 saturated heterocycles. The smallest absolute Gasteiger partial charge is 0.417 e. The number of hydrogen-bond donors (Lipinski definition) is 2. The van der Waals surface area contributed by atoms with Crippen molar-refractivity contribution in [3.05, 3.63) is 41.6 Å². The van der Waals surface area contributed by atoms with E-state index >= 15 is 0 Å². The predicted octanol–water partition coefficient (Wildman–Crippen LogP) is 7.04. The highest BCUT2D eigenvalue weighted by Crippen LogP contribution is 2.40. The van der Waals surface area contributed by atoms with Crippen LogP contribution >= 0.6 is 0 Å². The number of aromatic nitrogens is 2. The molecule has 42 heavy (non-hydrogen) atoms. The molecule has 2 atom stereocenters. The maximum absolute atomic E-state index is 13.8. The van der Waals surface area contributed by atoms with Crippen molar-refractivity contribution >= 4 is 11.9 Å². The minimum Gasteiger partial charge on any atom is -0.481 e. The van der Waals surface area contributed by atoms with Crippen LogP contribution in [-0.2, 0) is 11.0 Å². The van der Waals surface area contributed by atoms with Crippen molar-refractivity contribution in [3.8, 4) is 11.3 Å². The first-order chi connectivity index (χ1) is 19.8. The molecular formula is C30H41F5N4O3. The summed E-state index contributed by atoms with van der Waals surface area (Å²) in [5.74, 6) is -5.73. The van der Waals surface area contributed by atoms with E-state index < -0.39 is 48.0 Å². The standard InChI is InChI=1S/C27H33F5N4O3.C3H8/c1-17(25(38)39)21(11-14-35-13-6-12-26(28,29)16-35)33-24(37)22-15-23(36(34-22)18-7-2-3-8-18)19-9-4-5-10-20(19)27(30,31)32;1-3-2/h4-5,9-10,15,17-18,21H,2-3,6-8,11-14,16H2,1H3,(H,33,37)(H,38,39);3H2,1-2H3. The topological polar surface area (TPSA) is 87.5 Å². The number of benzene rings is 1. The van der Waals surface area contributed by atoms with Crippen molar-refractivity contribution in [1.82, 2.24) is 20.0 Å². The number of carbonyl (C=O) groups excluding carboxylic acids is 1. The van der Waals surface area contributed by atoms with Crippen molar-refractivity contribution in [2.75, 3.05) is 19.6 Å². The summed E-state index contributed by atoms with van der Waals surface area (Å²) < 4.78 is 70.6. The lowest BCUT2D eigenvalue weighted by atomic mass is 9.97. The van der Waals surface area contributed by atoms with Gasteiger partial charge in [-0.3, -0.25) is 19.2 Å². The molecule has 1 aliphatic carbocycles. The molecule has 2 fully saturated rings. The van der Waals surface area contributed by atoms with Gasteiger partial charge in [-0.05, 0) is 51.3 Å². The van der Waals surface area contributed by atoms with Crippen LogP contribution in [0, 0.1) is 5.92 Å². The lowest BCUT2D eigenvalue weighted by molar-refractivity contribution is -0.142. The molecule has 1 aliphatic heterocycles. The molecule has 7 nitrogen and oxygen atoms in total. The maximum Gasteiger partial charge on any atom is 0.417 e. The van der Waals surface area contributed by atoms with Crippen molar-refractivity contribution in [3.63, 3.8) is 0 Å². The molecule has 1 aromatic carbocycles. The third-order valence-corrected chi connectivity index (χ3v) is 7.69. The number of likely N-dealkylation sites (tertiary alicyclic amines) is 1. The molecule has 2 aromatic rings. The molecule has 1 aromatic heterocycles. The Balaban J connectivity index is 0.00000155. The average molecular weight is 601 g/mol. The van der Waals surface area contributed by atoms with Gasteiger partial charge >= 0.3 is 12.1 Å². The number of piperidine rings is 1. The van der Waals surface area contributed by atoms with Crippen molar-refractivity contribution < 1.29 is 36.6 Å². The second-order valence-electron chi connectivity index (χ2n) is 11.3. The van der Waals surface area contributed by atoms with Crippen LogP contribution in [0.2, 0.25) is 0 Å². The van der Waals surface area contributed by atoms with Gasteiger partial charge in [-0.15, -0.1) is 0 Å². The van der Waals surface area contributed by atoms with E-state index in [9.17, 15) is 36.6 Å².